The van der Waals surface area contributed by atoms with Crippen molar-refractivity contribution in [1.29, 1.82) is 0 Å². The summed E-state index contributed by atoms with van der Waals surface area (Å²) >= 11 is 0. The molecule has 0 aliphatic carbocycles. The van der Waals surface area contributed by atoms with E-state index >= 15 is 0 Å². The first-order chi connectivity index (χ1) is 9.28. The van der Waals surface area contributed by atoms with Crippen LogP contribution in [0.5, 0.6) is 11.5 Å². The second-order valence-electron chi connectivity index (χ2n) is 5.00. The molecule has 2 rings (SSSR count). The van der Waals surface area contributed by atoms with Gasteiger partial charge in [0.2, 0.25) is 0 Å². The lowest BCUT2D eigenvalue weighted by Crippen LogP contribution is -3.00. The molecule has 4 nitrogen and oxygen atoms in total. The number of hydrogen-bond acceptors (Lipinski definition) is 4. The molecule has 1 N–H and O–H groups in total. The highest BCUT2D eigenvalue weighted by Crippen LogP contribution is 2.17. The van der Waals surface area contributed by atoms with Crippen molar-refractivity contribution < 1.29 is 27.0 Å². The first-order valence-corrected chi connectivity index (χ1v) is 6.95. The van der Waals surface area contributed by atoms with E-state index in [1.165, 1.54) is 19.3 Å². The molecule has 1 aliphatic rings. The summed E-state index contributed by atoms with van der Waals surface area (Å²) in [5, 5.41) is 9.97. The summed E-state index contributed by atoms with van der Waals surface area (Å²) in [4.78, 5) is 2.31. The van der Waals surface area contributed by atoms with Crippen LogP contribution in [0.1, 0.15) is 19.3 Å². The van der Waals surface area contributed by atoms with Gasteiger partial charge in [-0.1, -0.05) is 6.42 Å². The number of methoxy groups -OCH3 is 1. The maximum Gasteiger partial charge on any atom is 0.119 e. The Kier molecular flexibility index (Phi) is 7.73. The lowest BCUT2D eigenvalue weighted by atomic mass is 10.1. The molecular formula is C15H23ClNO3-. The number of β-amino-alcohol motifs (C(OH)–C–C–N with tert-alkyl or cyclic N) is 1. The third-order valence-electron chi connectivity index (χ3n) is 3.42. The van der Waals surface area contributed by atoms with Crippen LogP contribution in [-0.4, -0.2) is 49.5 Å². The van der Waals surface area contributed by atoms with Crippen LogP contribution in [0.3, 0.4) is 0 Å². The minimum atomic E-state index is -0.430. The first kappa shape index (κ1) is 17.1. The molecule has 0 bridgehead atoms. The topological polar surface area (TPSA) is 41.9 Å². The molecule has 5 heteroatoms. The molecule has 1 atom stereocenters. The number of ether oxygens (including phenoxy) is 2. The van der Waals surface area contributed by atoms with Crippen molar-refractivity contribution in [3.05, 3.63) is 24.3 Å². The average Bonchev–Trinajstić information content (AvgIpc) is 2.47. The van der Waals surface area contributed by atoms with Gasteiger partial charge in [0.1, 0.15) is 24.2 Å². The normalized spacial score (nSPS) is 17.1. The van der Waals surface area contributed by atoms with Gasteiger partial charge in [-0.25, -0.2) is 0 Å². The average molecular weight is 301 g/mol. The van der Waals surface area contributed by atoms with Gasteiger partial charge in [0.15, 0.2) is 0 Å². The van der Waals surface area contributed by atoms with Crippen LogP contribution in [0.4, 0.5) is 0 Å². The highest BCUT2D eigenvalue weighted by atomic mass is 35.5. The summed E-state index contributed by atoms with van der Waals surface area (Å²) in [5.41, 5.74) is 0. The lowest BCUT2D eigenvalue weighted by Gasteiger charge is -2.28. The largest absolute Gasteiger partial charge is 1.00 e. The predicted molar refractivity (Wildman–Crippen MR) is 74.8 cm³/mol. The van der Waals surface area contributed by atoms with Crippen LogP contribution in [0.2, 0.25) is 0 Å². The second kappa shape index (κ2) is 9.06. The van der Waals surface area contributed by atoms with E-state index in [0.717, 1.165) is 24.6 Å². The minimum Gasteiger partial charge on any atom is -1.00 e. The van der Waals surface area contributed by atoms with Gasteiger partial charge in [-0.05, 0) is 50.2 Å². The highest BCUT2D eigenvalue weighted by Gasteiger charge is 2.14. The second-order valence-corrected chi connectivity index (χ2v) is 5.00. The summed E-state index contributed by atoms with van der Waals surface area (Å²) in [6.45, 7) is 3.23. The van der Waals surface area contributed by atoms with Crippen molar-refractivity contribution in [3.63, 3.8) is 0 Å². The maximum absolute atomic E-state index is 9.97. The maximum atomic E-state index is 9.97. The number of aliphatic hydroxyl groups excluding tert-OH is 1. The van der Waals surface area contributed by atoms with Crippen LogP contribution in [0, 0.1) is 0 Å². The molecule has 1 saturated heterocycles. The molecule has 1 unspecified atom stereocenters. The Balaban J connectivity index is 0.00000200. The molecule has 0 spiro atoms. The number of hydrogen-bond donors (Lipinski definition) is 1. The van der Waals surface area contributed by atoms with Gasteiger partial charge in [-0.3, -0.25) is 0 Å². The van der Waals surface area contributed by atoms with E-state index in [1.54, 1.807) is 7.11 Å². The Bertz CT molecular complexity index is 366. The van der Waals surface area contributed by atoms with Crippen LogP contribution < -0.4 is 21.9 Å². The summed E-state index contributed by atoms with van der Waals surface area (Å²) in [7, 11) is 1.64. The Labute approximate surface area is 127 Å². The quantitative estimate of drug-likeness (QED) is 0.726. The van der Waals surface area contributed by atoms with Gasteiger partial charge < -0.3 is 31.9 Å². The fourth-order valence-corrected chi connectivity index (χ4v) is 2.36. The van der Waals surface area contributed by atoms with Crippen LogP contribution in [0.25, 0.3) is 0 Å². The number of likely N-dealkylation sites (tertiary alicyclic amines) is 1. The monoisotopic (exact) mass is 300 g/mol. The van der Waals surface area contributed by atoms with Crippen molar-refractivity contribution >= 4 is 0 Å². The summed E-state index contributed by atoms with van der Waals surface area (Å²) in [6.07, 6.45) is 3.37. The van der Waals surface area contributed by atoms with Crippen molar-refractivity contribution in [2.75, 3.05) is 33.4 Å². The van der Waals surface area contributed by atoms with E-state index in [-0.39, 0.29) is 12.4 Å². The van der Waals surface area contributed by atoms with Crippen molar-refractivity contribution in [2.24, 2.45) is 0 Å². The Morgan fingerprint density at radius 2 is 1.70 bits per heavy atom. The smallest absolute Gasteiger partial charge is 0.119 e. The zero-order chi connectivity index (χ0) is 13.5. The third kappa shape index (κ3) is 5.57. The molecule has 0 saturated carbocycles. The molecule has 1 aromatic rings. The Hall–Kier alpha value is -0.970. The van der Waals surface area contributed by atoms with Crippen molar-refractivity contribution in [3.8, 4) is 11.5 Å². The van der Waals surface area contributed by atoms with E-state index in [9.17, 15) is 5.11 Å². The number of benzene rings is 1. The Morgan fingerprint density at radius 3 is 2.30 bits per heavy atom. The van der Waals surface area contributed by atoms with Gasteiger partial charge in [0.25, 0.3) is 0 Å². The van der Waals surface area contributed by atoms with Gasteiger partial charge in [0, 0.05) is 6.54 Å². The molecule has 0 amide bonds. The fourth-order valence-electron chi connectivity index (χ4n) is 2.36. The molecule has 20 heavy (non-hydrogen) atoms. The van der Waals surface area contributed by atoms with Gasteiger partial charge in [0.05, 0.1) is 7.11 Å². The molecule has 0 aromatic heterocycles. The SMILES string of the molecule is COc1ccc(OCC(O)CN2CCCCC2)cc1.[Cl-]. The lowest BCUT2D eigenvalue weighted by molar-refractivity contribution is -0.00000663. The van der Waals surface area contributed by atoms with E-state index in [1.807, 2.05) is 24.3 Å². The van der Waals surface area contributed by atoms with Crippen molar-refractivity contribution in [2.45, 2.75) is 25.4 Å². The standard InChI is InChI=1S/C15H23NO3.ClH/c1-18-14-5-7-15(8-6-14)19-12-13(17)11-16-9-3-2-4-10-16;/h5-8,13,17H,2-4,9-12H2,1H3;1H/p-1. The highest BCUT2D eigenvalue weighted by molar-refractivity contribution is 5.31. The summed E-state index contributed by atoms with van der Waals surface area (Å²) in [6, 6.07) is 7.41. The molecule has 1 aliphatic heterocycles. The zero-order valence-corrected chi connectivity index (χ0v) is 12.7. The number of nitrogens with zero attached hydrogens (tertiary/aromatic N) is 1. The van der Waals surface area contributed by atoms with Gasteiger partial charge in [-0.15, -0.1) is 0 Å². The molecule has 0 radical (unpaired) electrons. The molecule has 1 fully saturated rings. The first-order valence-electron chi connectivity index (χ1n) is 6.95. The van der Waals surface area contributed by atoms with E-state index in [2.05, 4.69) is 4.90 Å². The number of rotatable bonds is 6. The van der Waals surface area contributed by atoms with E-state index in [4.69, 9.17) is 9.47 Å². The van der Waals surface area contributed by atoms with E-state index in [0.29, 0.717) is 13.2 Å². The van der Waals surface area contributed by atoms with Gasteiger partial charge >= 0.3 is 0 Å². The summed E-state index contributed by atoms with van der Waals surface area (Å²) < 4.78 is 10.7. The van der Waals surface area contributed by atoms with Crippen molar-refractivity contribution in [1.82, 2.24) is 4.90 Å². The number of aliphatic hydroxyl groups is 1. The Morgan fingerprint density at radius 1 is 1.10 bits per heavy atom. The van der Waals surface area contributed by atoms with Crippen LogP contribution >= 0.6 is 0 Å². The van der Waals surface area contributed by atoms with Crippen LogP contribution in [0.15, 0.2) is 24.3 Å². The number of halogens is 1. The van der Waals surface area contributed by atoms with E-state index < -0.39 is 6.10 Å². The molecule has 1 aromatic carbocycles. The third-order valence-corrected chi connectivity index (χ3v) is 3.42. The van der Waals surface area contributed by atoms with Gasteiger partial charge in [-0.2, -0.15) is 0 Å². The number of piperidine rings is 1. The molecular weight excluding hydrogens is 278 g/mol. The molecule has 1 heterocycles. The predicted octanol–water partition coefficient (Wildman–Crippen LogP) is -1.08. The minimum absolute atomic E-state index is 0. The fraction of sp³-hybridized carbons (Fsp3) is 0.600. The summed E-state index contributed by atoms with van der Waals surface area (Å²) in [5.74, 6) is 1.57. The molecule has 114 valence electrons. The zero-order valence-electron chi connectivity index (χ0n) is 11.9. The van der Waals surface area contributed by atoms with Crippen LogP contribution in [-0.2, 0) is 0 Å².